The number of carbonyl (C=O) groups excluding carboxylic acids is 1. The molecule has 1 aromatic carbocycles. The summed E-state index contributed by atoms with van der Waals surface area (Å²) in [6.07, 6.45) is 2.49. The van der Waals surface area contributed by atoms with E-state index in [1.165, 1.54) is 42.2 Å². The van der Waals surface area contributed by atoms with Crippen molar-refractivity contribution in [3.63, 3.8) is 0 Å². The predicted molar refractivity (Wildman–Crippen MR) is 135 cm³/mol. The minimum Gasteiger partial charge on any atom is -0.326 e. The lowest BCUT2D eigenvalue weighted by Crippen LogP contribution is -2.16. The maximum absolute atomic E-state index is 12.5. The molecule has 2 heterocycles. The van der Waals surface area contributed by atoms with E-state index in [9.17, 15) is 18.5 Å². The van der Waals surface area contributed by atoms with Crippen LogP contribution in [0, 0.1) is 24.2 Å². The molecular weight excluding hydrogens is 484 g/mol. The molecule has 35 heavy (non-hydrogen) atoms. The van der Waals surface area contributed by atoms with Crippen molar-refractivity contribution < 1.29 is 13.2 Å². The maximum atomic E-state index is 12.5. The van der Waals surface area contributed by atoms with Crippen molar-refractivity contribution in [1.82, 2.24) is 15.0 Å². The van der Waals surface area contributed by atoms with Crippen LogP contribution in [-0.4, -0.2) is 35.0 Å². The number of aryl methyl sites for hydroxylation is 1. The highest BCUT2D eigenvalue weighted by atomic mass is 32.2. The minimum atomic E-state index is -3.86. The summed E-state index contributed by atoms with van der Waals surface area (Å²) in [6, 6.07) is 13.3. The Morgan fingerprint density at radius 3 is 2.51 bits per heavy atom. The number of nitrogens with zero attached hydrogens (tertiary/aromatic N) is 4. The number of amides is 1. The van der Waals surface area contributed by atoms with E-state index in [1.54, 1.807) is 19.1 Å². The molecule has 0 aliphatic carbocycles. The number of pyridine rings is 1. The quantitative estimate of drug-likeness (QED) is 0.388. The smallest absolute Gasteiger partial charge is 0.264 e. The van der Waals surface area contributed by atoms with E-state index in [0.29, 0.717) is 33.6 Å². The maximum Gasteiger partial charge on any atom is 0.264 e. The molecule has 0 bridgehead atoms. The van der Waals surface area contributed by atoms with Crippen LogP contribution in [0.15, 0.2) is 58.6 Å². The van der Waals surface area contributed by atoms with Crippen molar-refractivity contribution in [1.29, 1.82) is 5.26 Å². The van der Waals surface area contributed by atoms with Gasteiger partial charge in [-0.2, -0.15) is 5.26 Å². The molecule has 0 saturated carbocycles. The van der Waals surface area contributed by atoms with Gasteiger partial charge in [0.15, 0.2) is 0 Å². The number of hydrogen-bond acceptors (Lipinski definition) is 8. The summed E-state index contributed by atoms with van der Waals surface area (Å²) in [5.74, 6) is 0.665. The molecule has 11 heteroatoms. The number of thioether (sulfide) groups is 1. The lowest BCUT2D eigenvalue weighted by molar-refractivity contribution is -0.115. The summed E-state index contributed by atoms with van der Waals surface area (Å²) in [4.78, 5) is 24.9. The van der Waals surface area contributed by atoms with Gasteiger partial charge >= 0.3 is 0 Å². The summed E-state index contributed by atoms with van der Waals surface area (Å²) in [5.41, 5.74) is 2.52. The van der Waals surface area contributed by atoms with Crippen LogP contribution in [0.1, 0.15) is 37.2 Å². The van der Waals surface area contributed by atoms with Crippen molar-refractivity contribution in [3.05, 3.63) is 65.6 Å². The molecule has 3 aromatic rings. The van der Waals surface area contributed by atoms with Gasteiger partial charge in [-0.3, -0.25) is 4.79 Å². The van der Waals surface area contributed by atoms with Crippen LogP contribution in [-0.2, 0) is 21.2 Å². The van der Waals surface area contributed by atoms with Gasteiger partial charge in [0.25, 0.3) is 10.0 Å². The highest BCUT2D eigenvalue weighted by molar-refractivity contribution is 7.99. The van der Waals surface area contributed by atoms with Crippen molar-refractivity contribution >= 4 is 39.3 Å². The molecule has 9 nitrogen and oxygen atoms in total. The lowest BCUT2D eigenvalue weighted by atomic mass is 10.1. The molecule has 1 amide bonds. The van der Waals surface area contributed by atoms with E-state index in [0.717, 1.165) is 12.1 Å². The Morgan fingerprint density at radius 2 is 1.86 bits per heavy atom. The lowest BCUT2D eigenvalue weighted by Gasteiger charge is -2.09. The van der Waals surface area contributed by atoms with E-state index >= 15 is 0 Å². The number of rotatable bonds is 10. The average molecular weight is 511 g/mol. The number of aromatic nitrogens is 3. The van der Waals surface area contributed by atoms with E-state index in [-0.39, 0.29) is 23.2 Å². The van der Waals surface area contributed by atoms with Gasteiger partial charge in [0.05, 0.1) is 10.5 Å². The fraction of sp³-hybridized carbons (Fsp3) is 0.292. The molecule has 3 rings (SSSR count). The zero-order valence-corrected chi connectivity index (χ0v) is 21.3. The van der Waals surface area contributed by atoms with Crippen molar-refractivity contribution in [3.8, 4) is 6.07 Å². The van der Waals surface area contributed by atoms with Crippen LogP contribution >= 0.6 is 11.8 Å². The number of anilines is 2. The monoisotopic (exact) mass is 510 g/mol. The van der Waals surface area contributed by atoms with E-state index in [2.05, 4.69) is 44.9 Å². The third-order valence-electron chi connectivity index (χ3n) is 4.69. The van der Waals surface area contributed by atoms with Crippen LogP contribution in [0.3, 0.4) is 0 Å². The Kier molecular flexibility index (Phi) is 8.78. The minimum absolute atomic E-state index is 0.0105. The fourth-order valence-electron chi connectivity index (χ4n) is 3.06. The first-order valence-electron chi connectivity index (χ1n) is 10.9. The number of benzene rings is 1. The van der Waals surface area contributed by atoms with Gasteiger partial charge in [0.2, 0.25) is 11.9 Å². The first-order chi connectivity index (χ1) is 16.7. The second-order valence-electron chi connectivity index (χ2n) is 8.16. The number of carbonyl (C=O) groups is 1. The van der Waals surface area contributed by atoms with Crippen LogP contribution in [0.5, 0.6) is 0 Å². The fourth-order valence-corrected chi connectivity index (χ4v) is 4.95. The summed E-state index contributed by atoms with van der Waals surface area (Å²) in [6.45, 7) is 5.94. The second kappa shape index (κ2) is 11.8. The molecule has 0 aliphatic heterocycles. The molecule has 0 atom stereocenters. The summed E-state index contributed by atoms with van der Waals surface area (Å²) < 4.78 is 27.4. The summed E-state index contributed by atoms with van der Waals surface area (Å²) in [7, 11) is -3.86. The van der Waals surface area contributed by atoms with E-state index in [4.69, 9.17) is 0 Å². The van der Waals surface area contributed by atoms with Gasteiger partial charge in [-0.15, -0.1) is 11.8 Å². The summed E-state index contributed by atoms with van der Waals surface area (Å²) >= 11 is 1.37. The van der Waals surface area contributed by atoms with Crippen molar-refractivity contribution in [2.75, 3.05) is 15.8 Å². The van der Waals surface area contributed by atoms with Gasteiger partial charge < -0.3 is 5.32 Å². The number of sulfonamides is 1. The third-order valence-corrected chi connectivity index (χ3v) is 7.03. The Labute approximate surface area is 209 Å². The molecule has 0 saturated heterocycles. The van der Waals surface area contributed by atoms with Gasteiger partial charge in [0, 0.05) is 35.4 Å². The van der Waals surface area contributed by atoms with Gasteiger partial charge in [-0.25, -0.2) is 28.1 Å². The van der Waals surface area contributed by atoms with Crippen LogP contribution < -0.4 is 10.0 Å². The van der Waals surface area contributed by atoms with Gasteiger partial charge in [-0.1, -0.05) is 13.8 Å². The first kappa shape index (κ1) is 26.1. The third kappa shape index (κ3) is 7.77. The van der Waals surface area contributed by atoms with E-state index < -0.39 is 10.0 Å². The number of nitrogens with one attached hydrogen (secondary N) is 2. The van der Waals surface area contributed by atoms with Crippen LogP contribution in [0.4, 0.5) is 11.6 Å². The molecule has 0 fully saturated rings. The van der Waals surface area contributed by atoms with Crippen molar-refractivity contribution in [2.45, 2.75) is 43.5 Å². The van der Waals surface area contributed by atoms with E-state index in [1.807, 2.05) is 6.07 Å². The molecule has 0 radical (unpaired) electrons. The highest BCUT2D eigenvalue weighted by Crippen LogP contribution is 2.23. The standard InChI is InChI=1S/C24H26N6O3S2/c1-16(2)14-20-5-4-18(15-25)23(29-20)34-13-11-22(31)28-19-6-8-21(9-7-19)35(32,33)30-24-26-12-10-17(3)27-24/h4-10,12,16H,11,13-14H2,1-3H3,(H,28,31)(H,26,27,30). The molecule has 2 N–H and O–H groups in total. The molecule has 182 valence electrons. The zero-order chi connectivity index (χ0) is 25.4. The Bertz CT molecular complexity index is 1340. The largest absolute Gasteiger partial charge is 0.326 e. The second-order valence-corrected chi connectivity index (χ2v) is 10.9. The SMILES string of the molecule is Cc1ccnc(NS(=O)(=O)c2ccc(NC(=O)CCSc3nc(CC(C)C)ccc3C#N)cc2)n1. The topological polar surface area (TPSA) is 138 Å². The molecule has 0 unspecified atom stereocenters. The Balaban J connectivity index is 1.55. The molecule has 0 spiro atoms. The Hall–Kier alpha value is -3.49. The molecular formula is C24H26N6O3S2. The van der Waals surface area contributed by atoms with Crippen LogP contribution in [0.2, 0.25) is 0 Å². The zero-order valence-electron chi connectivity index (χ0n) is 19.6. The predicted octanol–water partition coefficient (Wildman–Crippen LogP) is 4.17. The average Bonchev–Trinajstić information content (AvgIpc) is 2.79. The molecule has 2 aromatic heterocycles. The number of nitriles is 1. The van der Waals surface area contributed by atoms with Crippen molar-refractivity contribution in [2.24, 2.45) is 5.92 Å². The molecule has 0 aliphatic rings. The Morgan fingerprint density at radius 1 is 1.11 bits per heavy atom. The highest BCUT2D eigenvalue weighted by Gasteiger charge is 2.16. The van der Waals surface area contributed by atoms with Gasteiger partial charge in [-0.05, 0) is 61.7 Å². The first-order valence-corrected chi connectivity index (χ1v) is 13.4. The van der Waals surface area contributed by atoms with Gasteiger partial charge in [0.1, 0.15) is 11.1 Å². The number of hydrogen-bond donors (Lipinski definition) is 2. The summed E-state index contributed by atoms with van der Waals surface area (Å²) in [5, 5.41) is 12.7. The van der Waals surface area contributed by atoms with Crippen LogP contribution in [0.25, 0.3) is 0 Å². The normalized spacial score (nSPS) is 11.2.